The summed E-state index contributed by atoms with van der Waals surface area (Å²) in [6.45, 7) is 2.03. The van der Waals surface area contributed by atoms with Gasteiger partial charge in [-0.05, 0) is 30.5 Å². The minimum atomic E-state index is -0.241. The van der Waals surface area contributed by atoms with Crippen LogP contribution in [-0.4, -0.2) is 30.2 Å². The summed E-state index contributed by atoms with van der Waals surface area (Å²) < 4.78 is 18.5. The third kappa shape index (κ3) is 3.29. The third-order valence-corrected chi connectivity index (χ3v) is 3.63. The molecule has 1 aliphatic heterocycles. The van der Waals surface area contributed by atoms with Gasteiger partial charge in [-0.3, -0.25) is 0 Å². The average Bonchev–Trinajstić information content (AvgIpc) is 3.01. The molecule has 0 saturated carbocycles. The molecule has 0 atom stereocenters. The van der Waals surface area contributed by atoms with Crippen LogP contribution in [0.15, 0.2) is 30.3 Å². The normalized spacial score (nSPS) is 14.5. The van der Waals surface area contributed by atoms with Crippen LogP contribution in [0.3, 0.4) is 0 Å². The predicted molar refractivity (Wildman–Crippen MR) is 79.2 cm³/mol. The highest BCUT2D eigenvalue weighted by Crippen LogP contribution is 2.22. The van der Waals surface area contributed by atoms with Crippen LogP contribution in [0, 0.1) is 5.82 Å². The van der Waals surface area contributed by atoms with Crippen molar-refractivity contribution in [1.82, 2.24) is 9.97 Å². The monoisotopic (exact) mass is 287 g/mol. The first kappa shape index (κ1) is 13.8. The van der Waals surface area contributed by atoms with Crippen LogP contribution in [0.4, 0.5) is 10.2 Å². The van der Waals surface area contributed by atoms with E-state index in [4.69, 9.17) is 4.74 Å². The second kappa shape index (κ2) is 6.08. The van der Waals surface area contributed by atoms with Crippen molar-refractivity contribution in [3.05, 3.63) is 47.5 Å². The SMILES string of the molecule is COc1cc(N2CCCC2)nc(Cc2cccc(F)c2)n1. The van der Waals surface area contributed by atoms with E-state index in [0.717, 1.165) is 24.5 Å². The smallest absolute Gasteiger partial charge is 0.218 e. The fourth-order valence-electron chi connectivity index (χ4n) is 2.58. The maximum atomic E-state index is 13.3. The lowest BCUT2D eigenvalue weighted by Gasteiger charge is -2.17. The molecular weight excluding hydrogens is 269 g/mol. The number of hydrogen-bond acceptors (Lipinski definition) is 4. The number of anilines is 1. The Kier molecular flexibility index (Phi) is 3.99. The first-order valence-corrected chi connectivity index (χ1v) is 7.16. The second-order valence-corrected chi connectivity index (χ2v) is 5.19. The molecule has 2 aromatic rings. The molecule has 0 spiro atoms. The third-order valence-electron chi connectivity index (χ3n) is 3.63. The Hall–Kier alpha value is -2.17. The Labute approximate surface area is 123 Å². The fraction of sp³-hybridized carbons (Fsp3) is 0.375. The minimum absolute atomic E-state index is 0.241. The lowest BCUT2D eigenvalue weighted by Crippen LogP contribution is -2.20. The molecule has 0 amide bonds. The first-order valence-electron chi connectivity index (χ1n) is 7.16. The highest BCUT2D eigenvalue weighted by molar-refractivity contribution is 5.43. The zero-order valence-electron chi connectivity index (χ0n) is 12.1. The van der Waals surface area contributed by atoms with E-state index in [0.29, 0.717) is 18.1 Å². The number of aromatic nitrogens is 2. The van der Waals surface area contributed by atoms with Crippen molar-refractivity contribution in [2.75, 3.05) is 25.1 Å². The summed E-state index contributed by atoms with van der Waals surface area (Å²) in [6.07, 6.45) is 2.87. The number of benzene rings is 1. The van der Waals surface area contributed by atoms with Crippen LogP contribution in [0.25, 0.3) is 0 Å². The highest BCUT2D eigenvalue weighted by Gasteiger charge is 2.16. The summed E-state index contributed by atoms with van der Waals surface area (Å²) >= 11 is 0. The lowest BCUT2D eigenvalue weighted by molar-refractivity contribution is 0.395. The van der Waals surface area contributed by atoms with Crippen molar-refractivity contribution in [3.8, 4) is 5.88 Å². The molecule has 0 N–H and O–H groups in total. The zero-order chi connectivity index (χ0) is 14.7. The maximum Gasteiger partial charge on any atom is 0.218 e. The van der Waals surface area contributed by atoms with E-state index >= 15 is 0 Å². The van der Waals surface area contributed by atoms with Gasteiger partial charge in [0.05, 0.1) is 7.11 Å². The fourth-order valence-corrected chi connectivity index (χ4v) is 2.58. The van der Waals surface area contributed by atoms with Crippen LogP contribution >= 0.6 is 0 Å². The van der Waals surface area contributed by atoms with E-state index in [1.165, 1.54) is 25.0 Å². The molecule has 110 valence electrons. The van der Waals surface area contributed by atoms with Gasteiger partial charge < -0.3 is 9.64 Å². The van der Waals surface area contributed by atoms with E-state index in [1.807, 2.05) is 12.1 Å². The summed E-state index contributed by atoms with van der Waals surface area (Å²) in [5, 5.41) is 0. The summed E-state index contributed by atoms with van der Waals surface area (Å²) in [7, 11) is 1.60. The molecule has 3 rings (SSSR count). The minimum Gasteiger partial charge on any atom is -0.481 e. The van der Waals surface area contributed by atoms with Gasteiger partial charge in [0.1, 0.15) is 17.5 Å². The molecule has 1 aromatic carbocycles. The van der Waals surface area contributed by atoms with Crippen molar-refractivity contribution in [3.63, 3.8) is 0 Å². The Balaban J connectivity index is 1.88. The Morgan fingerprint density at radius 2 is 2.00 bits per heavy atom. The largest absolute Gasteiger partial charge is 0.481 e. The molecule has 4 nitrogen and oxygen atoms in total. The summed E-state index contributed by atoms with van der Waals surface area (Å²) in [5.74, 6) is 1.86. The van der Waals surface area contributed by atoms with Gasteiger partial charge in [0.25, 0.3) is 0 Å². The Morgan fingerprint density at radius 3 is 2.71 bits per heavy atom. The van der Waals surface area contributed by atoms with Crippen LogP contribution in [0.2, 0.25) is 0 Å². The standard InChI is InChI=1S/C16H18FN3O/c1-21-16-11-15(20-7-2-3-8-20)18-14(19-16)10-12-5-4-6-13(17)9-12/h4-6,9,11H,2-3,7-8,10H2,1H3. The molecule has 2 heterocycles. The van der Waals surface area contributed by atoms with E-state index in [-0.39, 0.29) is 5.82 Å². The van der Waals surface area contributed by atoms with Crippen molar-refractivity contribution in [2.24, 2.45) is 0 Å². The molecule has 0 unspecified atom stereocenters. The molecule has 21 heavy (non-hydrogen) atoms. The van der Waals surface area contributed by atoms with Crippen LogP contribution in [0.1, 0.15) is 24.2 Å². The quantitative estimate of drug-likeness (QED) is 0.866. The molecule has 1 aromatic heterocycles. The van der Waals surface area contributed by atoms with Gasteiger partial charge in [0.2, 0.25) is 5.88 Å². The van der Waals surface area contributed by atoms with Crippen LogP contribution in [-0.2, 0) is 6.42 Å². The first-order chi connectivity index (χ1) is 10.2. The molecule has 1 fully saturated rings. The molecule has 5 heteroatoms. The van der Waals surface area contributed by atoms with Gasteiger partial charge in [0, 0.05) is 25.6 Å². The molecule has 0 aliphatic carbocycles. The van der Waals surface area contributed by atoms with Crippen LogP contribution in [0.5, 0.6) is 5.88 Å². The van der Waals surface area contributed by atoms with E-state index in [9.17, 15) is 4.39 Å². The lowest BCUT2D eigenvalue weighted by atomic mass is 10.1. The second-order valence-electron chi connectivity index (χ2n) is 5.19. The number of hydrogen-bond donors (Lipinski definition) is 0. The number of halogens is 1. The highest BCUT2D eigenvalue weighted by atomic mass is 19.1. The van der Waals surface area contributed by atoms with Crippen molar-refractivity contribution in [2.45, 2.75) is 19.3 Å². The molecule has 1 saturated heterocycles. The van der Waals surface area contributed by atoms with Crippen molar-refractivity contribution < 1.29 is 9.13 Å². The number of ether oxygens (including phenoxy) is 1. The van der Waals surface area contributed by atoms with Gasteiger partial charge in [-0.1, -0.05) is 12.1 Å². The zero-order valence-corrected chi connectivity index (χ0v) is 12.1. The van der Waals surface area contributed by atoms with Crippen molar-refractivity contribution in [1.29, 1.82) is 0 Å². The van der Waals surface area contributed by atoms with Gasteiger partial charge >= 0.3 is 0 Å². The summed E-state index contributed by atoms with van der Waals surface area (Å²) in [4.78, 5) is 11.2. The van der Waals surface area contributed by atoms with Gasteiger partial charge in [0.15, 0.2) is 0 Å². The number of methoxy groups -OCH3 is 1. The Morgan fingerprint density at radius 1 is 1.19 bits per heavy atom. The molecular formula is C16H18FN3O. The van der Waals surface area contributed by atoms with Crippen LogP contribution < -0.4 is 9.64 Å². The van der Waals surface area contributed by atoms with Gasteiger partial charge in [-0.25, -0.2) is 9.37 Å². The summed E-state index contributed by atoms with van der Waals surface area (Å²) in [6, 6.07) is 8.39. The van der Waals surface area contributed by atoms with Gasteiger partial charge in [-0.2, -0.15) is 4.98 Å². The van der Waals surface area contributed by atoms with Gasteiger partial charge in [-0.15, -0.1) is 0 Å². The number of rotatable bonds is 4. The van der Waals surface area contributed by atoms with E-state index < -0.39 is 0 Å². The van der Waals surface area contributed by atoms with E-state index in [2.05, 4.69) is 14.9 Å². The maximum absolute atomic E-state index is 13.3. The summed E-state index contributed by atoms with van der Waals surface area (Å²) in [5.41, 5.74) is 0.857. The molecule has 1 aliphatic rings. The Bertz CT molecular complexity index is 627. The van der Waals surface area contributed by atoms with E-state index in [1.54, 1.807) is 13.2 Å². The topological polar surface area (TPSA) is 38.2 Å². The molecule has 0 radical (unpaired) electrons. The number of nitrogens with zero attached hydrogens (tertiary/aromatic N) is 3. The van der Waals surface area contributed by atoms with Crippen molar-refractivity contribution >= 4 is 5.82 Å². The predicted octanol–water partition coefficient (Wildman–Crippen LogP) is 2.82. The molecule has 0 bridgehead atoms. The average molecular weight is 287 g/mol.